The Morgan fingerprint density at radius 3 is 2.78 bits per heavy atom. The number of hydrogen-bond acceptors (Lipinski definition) is 2. The van der Waals surface area contributed by atoms with Gasteiger partial charge >= 0.3 is 0 Å². The quantitative estimate of drug-likeness (QED) is 0.442. The summed E-state index contributed by atoms with van der Waals surface area (Å²) in [6.07, 6.45) is 2.45. The van der Waals surface area contributed by atoms with E-state index in [1.807, 2.05) is 18.7 Å². The Morgan fingerprint density at radius 1 is 1.67 bits per heavy atom. The molecule has 0 rings (SSSR count). The number of allylic oxidation sites excluding steroid dienone is 1. The van der Waals surface area contributed by atoms with Gasteiger partial charge in [-0.05, 0) is 18.8 Å². The van der Waals surface area contributed by atoms with Crippen molar-refractivity contribution in [3.05, 3.63) is 11.6 Å². The second kappa shape index (κ2) is 5.89. The van der Waals surface area contributed by atoms with Crippen LogP contribution in [0.3, 0.4) is 0 Å². The highest BCUT2D eigenvalue weighted by Crippen LogP contribution is 2.04. The van der Waals surface area contributed by atoms with Crippen LogP contribution < -0.4 is 0 Å². The molecule has 0 N–H and O–H groups in total. The van der Waals surface area contributed by atoms with Crippen LogP contribution >= 0.6 is 11.8 Å². The maximum atomic E-state index is 9.89. The van der Waals surface area contributed by atoms with E-state index in [4.69, 9.17) is 0 Å². The molecule has 2 heteroatoms. The van der Waals surface area contributed by atoms with Crippen LogP contribution in [0.15, 0.2) is 11.6 Å². The molecule has 0 aliphatic heterocycles. The first-order valence-electron chi connectivity index (χ1n) is 3.00. The van der Waals surface area contributed by atoms with Gasteiger partial charge in [0.2, 0.25) is 0 Å². The Balaban J connectivity index is 3.36. The molecule has 0 amide bonds. The Kier molecular flexibility index (Phi) is 5.73. The van der Waals surface area contributed by atoms with E-state index in [0.29, 0.717) is 0 Å². The van der Waals surface area contributed by atoms with Gasteiger partial charge < -0.3 is 0 Å². The fourth-order valence-electron chi connectivity index (χ4n) is 0.427. The summed E-state index contributed by atoms with van der Waals surface area (Å²) in [6, 6.07) is 0. The Morgan fingerprint density at radius 2 is 2.33 bits per heavy atom. The smallest absolute Gasteiger partial charge is 0.142 e. The van der Waals surface area contributed by atoms with Crippen molar-refractivity contribution in [2.24, 2.45) is 0 Å². The van der Waals surface area contributed by atoms with E-state index < -0.39 is 0 Å². The second-order valence-corrected chi connectivity index (χ2v) is 3.06. The van der Waals surface area contributed by atoms with Crippen LogP contribution in [0.2, 0.25) is 0 Å². The van der Waals surface area contributed by atoms with E-state index in [9.17, 15) is 4.79 Å². The molecule has 1 nitrogen and oxygen atoms in total. The summed E-state index contributed by atoms with van der Waals surface area (Å²) in [5, 5.41) is 0. The van der Waals surface area contributed by atoms with Crippen molar-refractivity contribution in [3.63, 3.8) is 0 Å². The topological polar surface area (TPSA) is 17.1 Å². The van der Waals surface area contributed by atoms with Crippen molar-refractivity contribution in [2.75, 3.05) is 11.5 Å². The van der Waals surface area contributed by atoms with Gasteiger partial charge in [-0.2, -0.15) is 11.8 Å². The second-order valence-electron chi connectivity index (χ2n) is 1.79. The van der Waals surface area contributed by atoms with Gasteiger partial charge in [0, 0.05) is 5.75 Å². The zero-order valence-corrected chi connectivity index (χ0v) is 6.70. The Bertz CT molecular complexity index is 107. The van der Waals surface area contributed by atoms with Crippen LogP contribution in [0.4, 0.5) is 0 Å². The molecule has 52 valence electrons. The average molecular weight is 144 g/mol. The monoisotopic (exact) mass is 144 g/mol. The summed E-state index contributed by atoms with van der Waals surface area (Å²) in [5.41, 5.74) is 1.15. The van der Waals surface area contributed by atoms with E-state index in [0.717, 1.165) is 23.4 Å². The summed E-state index contributed by atoms with van der Waals surface area (Å²) in [5.74, 6) is 2.10. The molecule has 0 fully saturated rings. The van der Waals surface area contributed by atoms with E-state index in [1.165, 1.54) is 0 Å². The minimum atomic E-state index is 0.839. The lowest BCUT2D eigenvalue weighted by Gasteiger charge is -1.94. The van der Waals surface area contributed by atoms with E-state index in [1.54, 1.807) is 6.08 Å². The predicted octanol–water partition coefficient (Wildman–Crippen LogP) is 1.88. The largest absolute Gasteiger partial charge is 0.299 e. The molecule has 0 aromatic carbocycles. The number of carbonyl (C=O) groups excluding carboxylic acids is 1. The highest BCUT2D eigenvalue weighted by molar-refractivity contribution is 7.99. The van der Waals surface area contributed by atoms with Crippen molar-refractivity contribution < 1.29 is 4.79 Å². The average Bonchev–Trinajstić information content (AvgIpc) is 1.85. The molecular weight excluding hydrogens is 132 g/mol. The van der Waals surface area contributed by atoms with Crippen LogP contribution in [0, 0.1) is 0 Å². The van der Waals surface area contributed by atoms with Crippen molar-refractivity contribution in [2.45, 2.75) is 13.8 Å². The molecule has 0 aromatic heterocycles. The Labute approximate surface area is 60.5 Å². The van der Waals surface area contributed by atoms with Crippen LogP contribution in [0.25, 0.3) is 0 Å². The van der Waals surface area contributed by atoms with Gasteiger partial charge in [-0.1, -0.05) is 12.5 Å². The number of thioether (sulfide) groups is 1. The molecule has 0 aliphatic rings. The van der Waals surface area contributed by atoms with Crippen molar-refractivity contribution >= 4 is 18.0 Å². The third-order valence-electron chi connectivity index (χ3n) is 0.886. The summed E-state index contributed by atoms with van der Waals surface area (Å²) in [6.45, 7) is 4.08. The van der Waals surface area contributed by atoms with Crippen molar-refractivity contribution in [1.82, 2.24) is 0 Å². The number of carbonyl (C=O) groups is 1. The highest BCUT2D eigenvalue weighted by atomic mass is 32.2. The van der Waals surface area contributed by atoms with Crippen molar-refractivity contribution in [3.8, 4) is 0 Å². The molecule has 0 unspecified atom stereocenters. The lowest BCUT2D eigenvalue weighted by atomic mass is 10.3. The van der Waals surface area contributed by atoms with Gasteiger partial charge in [0.15, 0.2) is 0 Å². The van der Waals surface area contributed by atoms with Gasteiger partial charge in [0.25, 0.3) is 0 Å². The molecule has 0 bridgehead atoms. The molecule has 0 saturated carbocycles. The van der Waals surface area contributed by atoms with E-state index in [2.05, 4.69) is 6.92 Å². The first-order valence-corrected chi connectivity index (χ1v) is 4.15. The third-order valence-corrected chi connectivity index (χ3v) is 1.95. The maximum Gasteiger partial charge on any atom is 0.142 e. The van der Waals surface area contributed by atoms with Crippen LogP contribution in [0.5, 0.6) is 0 Å². The van der Waals surface area contributed by atoms with Gasteiger partial charge in [0.1, 0.15) is 6.29 Å². The molecule has 0 aliphatic carbocycles. The predicted molar refractivity (Wildman–Crippen MR) is 42.8 cm³/mol. The molecular formula is C7H12OS. The third kappa shape index (κ3) is 5.63. The SMILES string of the molecule is CCSC/C(C)=C\C=O. The molecule has 0 spiro atoms. The first-order chi connectivity index (χ1) is 4.31. The van der Waals surface area contributed by atoms with E-state index >= 15 is 0 Å². The molecule has 9 heavy (non-hydrogen) atoms. The molecule has 0 heterocycles. The van der Waals surface area contributed by atoms with Gasteiger partial charge in [-0.15, -0.1) is 0 Å². The highest BCUT2D eigenvalue weighted by Gasteiger charge is 1.85. The zero-order chi connectivity index (χ0) is 7.11. The number of aldehydes is 1. The molecule has 0 atom stereocenters. The zero-order valence-electron chi connectivity index (χ0n) is 5.89. The molecule has 0 saturated heterocycles. The first kappa shape index (κ1) is 8.76. The maximum absolute atomic E-state index is 9.89. The normalized spacial score (nSPS) is 11.6. The number of rotatable bonds is 4. The van der Waals surface area contributed by atoms with Gasteiger partial charge in [0.05, 0.1) is 0 Å². The van der Waals surface area contributed by atoms with Crippen LogP contribution in [-0.4, -0.2) is 17.8 Å². The van der Waals surface area contributed by atoms with E-state index in [-0.39, 0.29) is 0 Å². The summed E-state index contributed by atoms with van der Waals surface area (Å²) >= 11 is 1.83. The fraction of sp³-hybridized carbons (Fsp3) is 0.571. The standard InChI is InChI=1S/C7H12OS/c1-3-9-6-7(2)4-5-8/h4-5H,3,6H2,1-2H3/b7-4-. The summed E-state index contributed by atoms with van der Waals surface area (Å²) < 4.78 is 0. The molecule has 0 aromatic rings. The Hall–Kier alpha value is -0.240. The molecule has 0 radical (unpaired) electrons. The van der Waals surface area contributed by atoms with Crippen LogP contribution in [0.1, 0.15) is 13.8 Å². The summed E-state index contributed by atoms with van der Waals surface area (Å²) in [7, 11) is 0. The summed E-state index contributed by atoms with van der Waals surface area (Å²) in [4.78, 5) is 9.89. The van der Waals surface area contributed by atoms with Gasteiger partial charge in [-0.25, -0.2) is 0 Å². The van der Waals surface area contributed by atoms with Gasteiger partial charge in [-0.3, -0.25) is 4.79 Å². The van der Waals surface area contributed by atoms with Crippen LogP contribution in [-0.2, 0) is 4.79 Å². The van der Waals surface area contributed by atoms with Crippen molar-refractivity contribution in [1.29, 1.82) is 0 Å². The lowest BCUT2D eigenvalue weighted by molar-refractivity contribution is -0.104. The fourth-order valence-corrected chi connectivity index (χ4v) is 1.05. The minimum Gasteiger partial charge on any atom is -0.299 e. The number of hydrogen-bond donors (Lipinski definition) is 0. The minimum absolute atomic E-state index is 0.839. The lowest BCUT2D eigenvalue weighted by Crippen LogP contribution is -1.81.